The third-order valence-electron chi connectivity index (χ3n) is 5.60. The van der Waals surface area contributed by atoms with E-state index in [1.165, 1.54) is 12.1 Å². The Morgan fingerprint density at radius 2 is 1.87 bits per heavy atom. The third-order valence-corrected chi connectivity index (χ3v) is 5.60. The van der Waals surface area contributed by atoms with Gasteiger partial charge >= 0.3 is 0 Å². The highest BCUT2D eigenvalue weighted by Gasteiger charge is 2.31. The molecule has 1 amide bonds. The second kappa shape index (κ2) is 9.03. The number of aromatic nitrogens is 2. The number of piperidine rings is 1. The highest BCUT2D eigenvalue weighted by Crippen LogP contribution is 2.36. The van der Waals surface area contributed by atoms with Crippen LogP contribution in [0.25, 0.3) is 11.1 Å². The van der Waals surface area contributed by atoms with E-state index in [-0.39, 0.29) is 23.7 Å². The van der Waals surface area contributed by atoms with Gasteiger partial charge in [-0.2, -0.15) is 0 Å². The molecule has 4 rings (SSSR count). The number of carbonyl (C=O) groups is 1. The molecule has 0 bridgehead atoms. The van der Waals surface area contributed by atoms with E-state index < -0.39 is 0 Å². The Morgan fingerprint density at radius 1 is 1.10 bits per heavy atom. The number of rotatable bonds is 5. The fraction of sp³-hybridized carbons (Fsp3) is 0.292. The maximum atomic E-state index is 13.4. The van der Waals surface area contributed by atoms with Gasteiger partial charge in [0, 0.05) is 24.7 Å². The Hall–Kier alpha value is -3.28. The van der Waals surface area contributed by atoms with Gasteiger partial charge in [0.05, 0.1) is 11.7 Å². The highest BCUT2D eigenvalue weighted by molar-refractivity contribution is 5.78. The number of hydrogen-bond acceptors (Lipinski definition) is 4. The van der Waals surface area contributed by atoms with Crippen molar-refractivity contribution in [1.29, 1.82) is 0 Å². The SMILES string of the molecule is Nc1ncc(-c2ccc(F)cc2)c(C2CCCCN2C(=O)CCc2ccccc2)n1. The van der Waals surface area contributed by atoms with Crippen molar-refractivity contribution in [3.8, 4) is 11.1 Å². The largest absolute Gasteiger partial charge is 0.368 e. The molecule has 1 saturated heterocycles. The summed E-state index contributed by atoms with van der Waals surface area (Å²) in [5, 5.41) is 0. The summed E-state index contributed by atoms with van der Waals surface area (Å²) in [5.41, 5.74) is 9.40. The van der Waals surface area contributed by atoms with Crippen LogP contribution in [0.3, 0.4) is 0 Å². The van der Waals surface area contributed by atoms with Crippen molar-refractivity contribution in [1.82, 2.24) is 14.9 Å². The van der Waals surface area contributed by atoms with E-state index in [4.69, 9.17) is 5.73 Å². The lowest BCUT2D eigenvalue weighted by atomic mass is 9.93. The molecule has 1 aliphatic rings. The maximum Gasteiger partial charge on any atom is 0.223 e. The van der Waals surface area contributed by atoms with Gasteiger partial charge in [-0.05, 0) is 48.9 Å². The number of hydrogen-bond donors (Lipinski definition) is 1. The molecule has 1 aromatic heterocycles. The standard InChI is InChI=1S/C24H25FN4O/c25-19-12-10-18(11-13-19)20-16-27-24(26)28-23(20)21-8-4-5-15-29(21)22(30)14-9-17-6-2-1-3-7-17/h1-3,6-7,10-13,16,21H,4-5,8-9,14-15H2,(H2,26,27,28). The van der Waals surface area contributed by atoms with E-state index in [2.05, 4.69) is 9.97 Å². The number of amides is 1. The minimum absolute atomic E-state index is 0.116. The van der Waals surface area contributed by atoms with Gasteiger partial charge in [-0.25, -0.2) is 14.4 Å². The minimum Gasteiger partial charge on any atom is -0.368 e. The number of nitrogens with two attached hydrogens (primary N) is 1. The first-order chi connectivity index (χ1) is 14.6. The molecule has 5 nitrogen and oxygen atoms in total. The summed E-state index contributed by atoms with van der Waals surface area (Å²) in [6, 6.07) is 16.1. The summed E-state index contributed by atoms with van der Waals surface area (Å²) < 4.78 is 13.4. The van der Waals surface area contributed by atoms with Crippen LogP contribution in [0.2, 0.25) is 0 Å². The molecule has 0 aliphatic carbocycles. The van der Waals surface area contributed by atoms with E-state index in [0.29, 0.717) is 19.4 Å². The smallest absolute Gasteiger partial charge is 0.223 e. The number of nitrogen functional groups attached to an aromatic ring is 1. The number of carbonyl (C=O) groups excluding carboxylic acids is 1. The van der Waals surface area contributed by atoms with Gasteiger partial charge in [-0.15, -0.1) is 0 Å². The lowest BCUT2D eigenvalue weighted by molar-refractivity contribution is -0.135. The summed E-state index contributed by atoms with van der Waals surface area (Å²) in [4.78, 5) is 23.7. The lowest BCUT2D eigenvalue weighted by Gasteiger charge is -2.36. The highest BCUT2D eigenvalue weighted by atomic mass is 19.1. The zero-order chi connectivity index (χ0) is 20.9. The summed E-state index contributed by atoms with van der Waals surface area (Å²) in [5.74, 6) is -0.00374. The molecule has 0 saturated carbocycles. The maximum absolute atomic E-state index is 13.4. The molecule has 0 radical (unpaired) electrons. The molecule has 1 atom stereocenters. The molecule has 30 heavy (non-hydrogen) atoms. The molecule has 1 fully saturated rings. The van der Waals surface area contributed by atoms with Crippen LogP contribution in [0.15, 0.2) is 60.8 Å². The molecule has 1 unspecified atom stereocenters. The molecule has 2 aromatic carbocycles. The van der Waals surface area contributed by atoms with Crippen molar-refractivity contribution in [3.63, 3.8) is 0 Å². The summed E-state index contributed by atoms with van der Waals surface area (Å²) in [7, 11) is 0. The van der Waals surface area contributed by atoms with Gasteiger partial charge in [-0.3, -0.25) is 4.79 Å². The number of benzene rings is 2. The molecule has 2 heterocycles. The number of anilines is 1. The van der Waals surface area contributed by atoms with Crippen molar-refractivity contribution in [3.05, 3.63) is 77.9 Å². The van der Waals surface area contributed by atoms with E-state index in [1.807, 2.05) is 35.2 Å². The molecule has 1 aliphatic heterocycles. The Bertz CT molecular complexity index is 1010. The molecule has 2 N–H and O–H groups in total. The van der Waals surface area contributed by atoms with Gasteiger partial charge in [0.2, 0.25) is 11.9 Å². The Labute approximate surface area is 175 Å². The fourth-order valence-electron chi connectivity index (χ4n) is 4.07. The Morgan fingerprint density at radius 3 is 2.63 bits per heavy atom. The molecule has 6 heteroatoms. The van der Waals surface area contributed by atoms with Crippen LogP contribution in [0, 0.1) is 5.82 Å². The predicted molar refractivity (Wildman–Crippen MR) is 115 cm³/mol. The van der Waals surface area contributed by atoms with Crippen molar-refractivity contribution in [2.24, 2.45) is 0 Å². The minimum atomic E-state index is -0.299. The van der Waals surface area contributed by atoms with Crippen molar-refractivity contribution in [2.45, 2.75) is 38.1 Å². The zero-order valence-corrected chi connectivity index (χ0v) is 16.8. The van der Waals surface area contributed by atoms with E-state index in [9.17, 15) is 9.18 Å². The van der Waals surface area contributed by atoms with Gasteiger partial charge in [0.1, 0.15) is 5.82 Å². The van der Waals surface area contributed by atoms with Gasteiger partial charge in [0.15, 0.2) is 0 Å². The summed E-state index contributed by atoms with van der Waals surface area (Å²) >= 11 is 0. The third kappa shape index (κ3) is 4.48. The van der Waals surface area contributed by atoms with Gasteiger partial charge < -0.3 is 10.6 Å². The number of halogens is 1. The van der Waals surface area contributed by atoms with Gasteiger partial charge in [-0.1, -0.05) is 42.5 Å². The topological polar surface area (TPSA) is 72.1 Å². The number of aryl methyl sites for hydroxylation is 1. The first-order valence-electron chi connectivity index (χ1n) is 10.3. The molecular weight excluding hydrogens is 379 g/mol. The van der Waals surface area contributed by atoms with Crippen molar-refractivity contribution in [2.75, 3.05) is 12.3 Å². The molecule has 154 valence electrons. The second-order valence-corrected chi connectivity index (χ2v) is 7.62. The molecule has 0 spiro atoms. The van der Waals surface area contributed by atoms with Crippen LogP contribution >= 0.6 is 0 Å². The fourth-order valence-corrected chi connectivity index (χ4v) is 4.07. The monoisotopic (exact) mass is 404 g/mol. The second-order valence-electron chi connectivity index (χ2n) is 7.62. The molecule has 3 aromatic rings. The van der Waals surface area contributed by atoms with Gasteiger partial charge in [0.25, 0.3) is 0 Å². The Kier molecular flexibility index (Phi) is 6.02. The van der Waals surface area contributed by atoms with E-state index >= 15 is 0 Å². The Balaban J connectivity index is 1.61. The normalized spacial score (nSPS) is 16.4. The predicted octanol–water partition coefficient (Wildman–Crippen LogP) is 4.55. The van der Waals surface area contributed by atoms with Crippen LogP contribution in [0.1, 0.15) is 43.0 Å². The summed E-state index contributed by atoms with van der Waals surface area (Å²) in [6.07, 6.45) is 5.64. The summed E-state index contributed by atoms with van der Waals surface area (Å²) in [6.45, 7) is 0.699. The van der Waals surface area contributed by atoms with E-state index in [0.717, 1.165) is 41.6 Å². The van der Waals surface area contributed by atoms with Crippen molar-refractivity contribution < 1.29 is 9.18 Å². The molecular formula is C24H25FN4O. The average molecular weight is 404 g/mol. The van der Waals surface area contributed by atoms with Crippen LogP contribution in [0.4, 0.5) is 10.3 Å². The van der Waals surface area contributed by atoms with Crippen LogP contribution in [-0.2, 0) is 11.2 Å². The van der Waals surface area contributed by atoms with Crippen LogP contribution in [-0.4, -0.2) is 27.3 Å². The van der Waals surface area contributed by atoms with Crippen LogP contribution < -0.4 is 5.73 Å². The van der Waals surface area contributed by atoms with Crippen LogP contribution in [0.5, 0.6) is 0 Å². The van der Waals surface area contributed by atoms with Crippen molar-refractivity contribution >= 4 is 11.9 Å². The van der Waals surface area contributed by atoms with E-state index in [1.54, 1.807) is 18.3 Å². The number of nitrogens with zero attached hydrogens (tertiary/aromatic N) is 3. The first kappa shape index (κ1) is 20.0. The first-order valence-corrected chi connectivity index (χ1v) is 10.3. The zero-order valence-electron chi connectivity index (χ0n) is 16.8. The lowest BCUT2D eigenvalue weighted by Crippen LogP contribution is -2.39. The number of likely N-dealkylation sites (tertiary alicyclic amines) is 1. The average Bonchev–Trinajstić information content (AvgIpc) is 2.79. The quantitative estimate of drug-likeness (QED) is 0.677.